The number of fused-ring (bicyclic) bond motifs is 1. The Kier molecular flexibility index (Phi) is 2.80. The standard InChI is InChI=1S/C16H13NS/c1-11-7-8-14-13(9-11)16(18)10-15(17-14)12-5-3-2-4-6-12/h2-10H,1H3,(H,17,18). The first-order chi connectivity index (χ1) is 8.74. The summed E-state index contributed by atoms with van der Waals surface area (Å²) in [5.41, 5.74) is 4.31. The molecule has 3 rings (SSSR count). The molecule has 2 aromatic carbocycles. The molecule has 0 saturated heterocycles. The number of rotatable bonds is 1. The van der Waals surface area contributed by atoms with Crippen LogP contribution in [0.25, 0.3) is 22.2 Å². The van der Waals surface area contributed by atoms with E-state index in [2.05, 4.69) is 49.9 Å². The fraction of sp³-hybridized carbons (Fsp3) is 0.0625. The number of pyridine rings is 1. The van der Waals surface area contributed by atoms with E-state index in [9.17, 15) is 0 Å². The summed E-state index contributed by atoms with van der Waals surface area (Å²) in [4.78, 5) is 5.67. The van der Waals surface area contributed by atoms with Crippen LogP contribution in [-0.2, 0) is 0 Å². The SMILES string of the molecule is Cc1ccc2nc(-c3ccccc3)cc(S)c2c1. The molecule has 0 unspecified atom stereocenters. The van der Waals surface area contributed by atoms with Gasteiger partial charge in [0.25, 0.3) is 0 Å². The van der Waals surface area contributed by atoms with E-state index in [1.54, 1.807) is 0 Å². The molecule has 0 N–H and O–H groups in total. The van der Waals surface area contributed by atoms with E-state index >= 15 is 0 Å². The number of hydrogen-bond donors (Lipinski definition) is 1. The Hall–Kier alpha value is -1.80. The Balaban J connectivity index is 2.25. The predicted octanol–water partition coefficient (Wildman–Crippen LogP) is 4.50. The molecule has 0 saturated carbocycles. The number of benzene rings is 2. The van der Waals surface area contributed by atoms with Gasteiger partial charge in [-0.3, -0.25) is 0 Å². The van der Waals surface area contributed by atoms with Gasteiger partial charge in [-0.1, -0.05) is 42.0 Å². The van der Waals surface area contributed by atoms with Crippen molar-refractivity contribution in [1.82, 2.24) is 4.98 Å². The molecule has 1 heterocycles. The van der Waals surface area contributed by atoms with Crippen LogP contribution in [0.1, 0.15) is 5.56 Å². The van der Waals surface area contributed by atoms with Crippen LogP contribution in [0, 0.1) is 6.92 Å². The van der Waals surface area contributed by atoms with Gasteiger partial charge in [0, 0.05) is 15.8 Å². The van der Waals surface area contributed by atoms with E-state index in [1.165, 1.54) is 5.56 Å². The van der Waals surface area contributed by atoms with Crippen molar-refractivity contribution in [3.05, 3.63) is 60.2 Å². The summed E-state index contributed by atoms with van der Waals surface area (Å²) in [6.45, 7) is 2.08. The molecule has 1 aromatic heterocycles. The van der Waals surface area contributed by atoms with E-state index in [0.29, 0.717) is 0 Å². The summed E-state index contributed by atoms with van der Waals surface area (Å²) in [5.74, 6) is 0. The largest absolute Gasteiger partial charge is 0.248 e. The van der Waals surface area contributed by atoms with Crippen LogP contribution in [0.2, 0.25) is 0 Å². The highest BCUT2D eigenvalue weighted by atomic mass is 32.1. The molecule has 0 aliphatic carbocycles. The van der Waals surface area contributed by atoms with Gasteiger partial charge in [-0.05, 0) is 25.1 Å². The Morgan fingerprint density at radius 1 is 0.944 bits per heavy atom. The maximum Gasteiger partial charge on any atom is 0.0720 e. The molecule has 0 amide bonds. The van der Waals surface area contributed by atoms with Crippen molar-refractivity contribution in [2.45, 2.75) is 11.8 Å². The summed E-state index contributed by atoms with van der Waals surface area (Å²) in [7, 11) is 0. The summed E-state index contributed by atoms with van der Waals surface area (Å²) < 4.78 is 0. The number of nitrogens with zero attached hydrogens (tertiary/aromatic N) is 1. The maximum atomic E-state index is 4.70. The van der Waals surface area contributed by atoms with Crippen LogP contribution in [-0.4, -0.2) is 4.98 Å². The summed E-state index contributed by atoms with van der Waals surface area (Å²) in [6.07, 6.45) is 0. The molecule has 0 fully saturated rings. The van der Waals surface area contributed by atoms with Crippen molar-refractivity contribution in [3.8, 4) is 11.3 Å². The van der Waals surface area contributed by atoms with E-state index in [4.69, 9.17) is 4.98 Å². The number of hydrogen-bond acceptors (Lipinski definition) is 2. The van der Waals surface area contributed by atoms with Crippen LogP contribution < -0.4 is 0 Å². The van der Waals surface area contributed by atoms with E-state index in [-0.39, 0.29) is 0 Å². The second-order valence-electron chi connectivity index (χ2n) is 4.41. The zero-order chi connectivity index (χ0) is 12.5. The fourth-order valence-corrected chi connectivity index (χ4v) is 2.38. The van der Waals surface area contributed by atoms with Gasteiger partial charge in [0.15, 0.2) is 0 Å². The third-order valence-electron chi connectivity index (χ3n) is 3.01. The van der Waals surface area contributed by atoms with Crippen LogP contribution in [0.15, 0.2) is 59.5 Å². The summed E-state index contributed by atoms with van der Waals surface area (Å²) in [5, 5.41) is 1.11. The second kappa shape index (κ2) is 4.46. The summed E-state index contributed by atoms with van der Waals surface area (Å²) >= 11 is 4.58. The van der Waals surface area contributed by atoms with Crippen molar-refractivity contribution in [2.75, 3.05) is 0 Å². The zero-order valence-electron chi connectivity index (χ0n) is 10.1. The van der Waals surface area contributed by atoms with Crippen molar-refractivity contribution >= 4 is 23.5 Å². The van der Waals surface area contributed by atoms with Crippen LogP contribution in [0.4, 0.5) is 0 Å². The van der Waals surface area contributed by atoms with Crippen molar-refractivity contribution < 1.29 is 0 Å². The number of thiol groups is 1. The van der Waals surface area contributed by atoms with Gasteiger partial charge in [0.2, 0.25) is 0 Å². The van der Waals surface area contributed by atoms with E-state index in [1.807, 2.05) is 24.3 Å². The maximum absolute atomic E-state index is 4.70. The monoisotopic (exact) mass is 251 g/mol. The molecule has 18 heavy (non-hydrogen) atoms. The molecule has 88 valence electrons. The fourth-order valence-electron chi connectivity index (χ4n) is 2.08. The van der Waals surface area contributed by atoms with Crippen LogP contribution in [0.3, 0.4) is 0 Å². The molecule has 0 atom stereocenters. The van der Waals surface area contributed by atoms with Gasteiger partial charge in [0.05, 0.1) is 11.2 Å². The first-order valence-corrected chi connectivity index (χ1v) is 6.34. The van der Waals surface area contributed by atoms with Gasteiger partial charge < -0.3 is 0 Å². The highest BCUT2D eigenvalue weighted by molar-refractivity contribution is 7.80. The molecule has 0 aliphatic heterocycles. The highest BCUT2D eigenvalue weighted by Gasteiger charge is 2.05. The predicted molar refractivity (Wildman–Crippen MR) is 79.2 cm³/mol. The van der Waals surface area contributed by atoms with Gasteiger partial charge in [-0.2, -0.15) is 0 Å². The molecule has 3 aromatic rings. The molecule has 0 bridgehead atoms. The minimum Gasteiger partial charge on any atom is -0.248 e. The Labute approximate surface area is 112 Å². The van der Waals surface area contributed by atoms with Crippen molar-refractivity contribution in [2.24, 2.45) is 0 Å². The smallest absolute Gasteiger partial charge is 0.0720 e. The van der Waals surface area contributed by atoms with Gasteiger partial charge in [-0.25, -0.2) is 4.98 Å². The normalized spacial score (nSPS) is 10.8. The number of aryl methyl sites for hydroxylation is 1. The highest BCUT2D eigenvalue weighted by Crippen LogP contribution is 2.27. The lowest BCUT2D eigenvalue weighted by molar-refractivity contribution is 1.34. The average molecular weight is 251 g/mol. The molecule has 0 aliphatic rings. The van der Waals surface area contributed by atoms with Crippen molar-refractivity contribution in [3.63, 3.8) is 0 Å². The Morgan fingerprint density at radius 2 is 1.72 bits per heavy atom. The lowest BCUT2D eigenvalue weighted by Gasteiger charge is -2.07. The molecule has 2 heteroatoms. The first kappa shape index (κ1) is 11.3. The third kappa shape index (κ3) is 2.00. The molecular weight excluding hydrogens is 238 g/mol. The molecular formula is C16H13NS. The lowest BCUT2D eigenvalue weighted by Crippen LogP contribution is -1.87. The van der Waals surface area contributed by atoms with Gasteiger partial charge in [-0.15, -0.1) is 12.6 Å². The first-order valence-electron chi connectivity index (χ1n) is 5.90. The molecule has 0 radical (unpaired) electrons. The second-order valence-corrected chi connectivity index (χ2v) is 4.90. The van der Waals surface area contributed by atoms with Crippen LogP contribution in [0.5, 0.6) is 0 Å². The van der Waals surface area contributed by atoms with Crippen LogP contribution >= 0.6 is 12.6 Å². The minimum atomic E-state index is 0.969. The van der Waals surface area contributed by atoms with Crippen molar-refractivity contribution in [1.29, 1.82) is 0 Å². The van der Waals surface area contributed by atoms with Gasteiger partial charge in [0.1, 0.15) is 0 Å². The molecule has 1 nitrogen and oxygen atoms in total. The topological polar surface area (TPSA) is 12.9 Å². The Bertz CT molecular complexity index is 705. The third-order valence-corrected chi connectivity index (χ3v) is 3.38. The van der Waals surface area contributed by atoms with E-state index < -0.39 is 0 Å². The average Bonchev–Trinajstić information content (AvgIpc) is 2.40. The molecule has 0 spiro atoms. The van der Waals surface area contributed by atoms with Gasteiger partial charge >= 0.3 is 0 Å². The van der Waals surface area contributed by atoms with E-state index in [0.717, 1.165) is 27.1 Å². The zero-order valence-corrected chi connectivity index (χ0v) is 11.0. The number of aromatic nitrogens is 1. The lowest BCUT2D eigenvalue weighted by atomic mass is 10.1. The quantitative estimate of drug-likeness (QED) is 0.628. The Morgan fingerprint density at radius 3 is 2.50 bits per heavy atom. The minimum absolute atomic E-state index is 0.969. The summed E-state index contributed by atoms with van der Waals surface area (Å²) in [6, 6.07) is 18.5.